The summed E-state index contributed by atoms with van der Waals surface area (Å²) in [5.41, 5.74) is 0. The molecule has 1 fully saturated rings. The van der Waals surface area contributed by atoms with Gasteiger partial charge in [-0.25, -0.2) is 0 Å². The SMILES string of the molecule is O=C(O)CCN(C(=O)C(F)(F)F)C1CCCCCC1. The molecule has 110 valence electrons. The van der Waals surface area contributed by atoms with Crippen LogP contribution in [0, 0.1) is 0 Å². The van der Waals surface area contributed by atoms with Crippen LogP contribution in [0.25, 0.3) is 0 Å². The Morgan fingerprint density at radius 3 is 2.05 bits per heavy atom. The van der Waals surface area contributed by atoms with E-state index >= 15 is 0 Å². The van der Waals surface area contributed by atoms with Crippen molar-refractivity contribution in [2.75, 3.05) is 6.54 Å². The average Bonchev–Trinajstić information content (AvgIpc) is 2.56. The van der Waals surface area contributed by atoms with Gasteiger partial charge in [-0.1, -0.05) is 25.7 Å². The highest BCUT2D eigenvalue weighted by Crippen LogP contribution is 2.26. The van der Waals surface area contributed by atoms with Crippen molar-refractivity contribution in [3.8, 4) is 0 Å². The lowest BCUT2D eigenvalue weighted by atomic mass is 10.1. The molecule has 0 aromatic rings. The Kier molecular flexibility index (Phi) is 5.62. The van der Waals surface area contributed by atoms with Crippen LogP contribution in [-0.2, 0) is 9.59 Å². The van der Waals surface area contributed by atoms with Gasteiger partial charge >= 0.3 is 18.1 Å². The maximum Gasteiger partial charge on any atom is 0.471 e. The molecular formula is C12H18F3NO3. The number of halogens is 3. The van der Waals surface area contributed by atoms with Crippen LogP contribution < -0.4 is 0 Å². The number of rotatable bonds is 4. The number of hydrogen-bond donors (Lipinski definition) is 1. The summed E-state index contributed by atoms with van der Waals surface area (Å²) in [6.07, 6.45) is -0.919. The van der Waals surface area contributed by atoms with Crippen molar-refractivity contribution in [1.82, 2.24) is 4.90 Å². The summed E-state index contributed by atoms with van der Waals surface area (Å²) in [4.78, 5) is 22.6. The van der Waals surface area contributed by atoms with E-state index in [0.29, 0.717) is 17.7 Å². The predicted molar refractivity (Wildman–Crippen MR) is 61.5 cm³/mol. The molecule has 1 aliphatic rings. The van der Waals surface area contributed by atoms with E-state index in [0.717, 1.165) is 25.7 Å². The first-order chi connectivity index (χ1) is 8.82. The maximum absolute atomic E-state index is 12.5. The van der Waals surface area contributed by atoms with Gasteiger partial charge in [0.2, 0.25) is 0 Å². The lowest BCUT2D eigenvalue weighted by Gasteiger charge is -2.31. The summed E-state index contributed by atoms with van der Waals surface area (Å²) in [6.45, 7) is -0.377. The first-order valence-electron chi connectivity index (χ1n) is 6.42. The molecule has 1 rings (SSSR count). The van der Waals surface area contributed by atoms with E-state index in [9.17, 15) is 22.8 Å². The Balaban J connectivity index is 2.77. The highest BCUT2D eigenvalue weighted by atomic mass is 19.4. The summed E-state index contributed by atoms with van der Waals surface area (Å²) in [5.74, 6) is -3.12. The van der Waals surface area contributed by atoms with Gasteiger partial charge in [0.25, 0.3) is 0 Å². The van der Waals surface area contributed by atoms with Crippen LogP contribution in [0.4, 0.5) is 13.2 Å². The highest BCUT2D eigenvalue weighted by molar-refractivity contribution is 5.82. The Bertz CT molecular complexity index is 323. The minimum atomic E-state index is -4.94. The van der Waals surface area contributed by atoms with Crippen LogP contribution in [0.15, 0.2) is 0 Å². The molecule has 0 unspecified atom stereocenters. The van der Waals surface area contributed by atoms with Gasteiger partial charge in [0.05, 0.1) is 6.42 Å². The largest absolute Gasteiger partial charge is 0.481 e. The number of carboxylic acids is 1. The molecule has 0 saturated heterocycles. The second kappa shape index (κ2) is 6.77. The summed E-state index contributed by atoms with van der Waals surface area (Å²) in [7, 11) is 0. The number of amides is 1. The number of nitrogens with zero attached hydrogens (tertiary/aromatic N) is 1. The van der Waals surface area contributed by atoms with Crippen molar-refractivity contribution in [2.24, 2.45) is 0 Å². The fourth-order valence-corrected chi connectivity index (χ4v) is 2.40. The van der Waals surface area contributed by atoms with Crippen molar-refractivity contribution in [3.05, 3.63) is 0 Å². The molecule has 0 aromatic carbocycles. The van der Waals surface area contributed by atoms with Gasteiger partial charge in [0.1, 0.15) is 0 Å². The van der Waals surface area contributed by atoms with Gasteiger partial charge in [-0.15, -0.1) is 0 Å². The smallest absolute Gasteiger partial charge is 0.471 e. The van der Waals surface area contributed by atoms with E-state index in [2.05, 4.69) is 0 Å². The number of carbonyl (C=O) groups excluding carboxylic acids is 1. The lowest BCUT2D eigenvalue weighted by Crippen LogP contribution is -2.47. The Hall–Kier alpha value is -1.27. The second-order valence-corrected chi connectivity index (χ2v) is 4.79. The molecule has 19 heavy (non-hydrogen) atoms. The number of alkyl halides is 3. The van der Waals surface area contributed by atoms with E-state index in [4.69, 9.17) is 5.11 Å². The zero-order chi connectivity index (χ0) is 14.5. The number of carboxylic acid groups (broad SMARTS) is 1. The topological polar surface area (TPSA) is 57.6 Å². The summed E-state index contributed by atoms with van der Waals surface area (Å²) >= 11 is 0. The molecule has 0 bridgehead atoms. The van der Waals surface area contributed by atoms with Crippen molar-refractivity contribution < 1.29 is 27.9 Å². The first kappa shape index (κ1) is 15.8. The summed E-state index contributed by atoms with van der Waals surface area (Å²) in [6, 6.07) is -0.490. The van der Waals surface area contributed by atoms with Gasteiger partial charge in [0.15, 0.2) is 0 Å². The molecule has 0 aliphatic heterocycles. The van der Waals surface area contributed by atoms with Gasteiger partial charge in [0, 0.05) is 12.6 Å². The lowest BCUT2D eigenvalue weighted by molar-refractivity contribution is -0.188. The molecule has 1 amide bonds. The normalized spacial score (nSPS) is 17.8. The minimum Gasteiger partial charge on any atom is -0.481 e. The third-order valence-electron chi connectivity index (χ3n) is 3.34. The molecule has 4 nitrogen and oxygen atoms in total. The highest BCUT2D eigenvalue weighted by Gasteiger charge is 2.44. The van der Waals surface area contributed by atoms with E-state index < -0.39 is 30.5 Å². The van der Waals surface area contributed by atoms with E-state index in [1.807, 2.05) is 0 Å². The van der Waals surface area contributed by atoms with Crippen LogP contribution >= 0.6 is 0 Å². The fraction of sp³-hybridized carbons (Fsp3) is 0.833. The van der Waals surface area contributed by atoms with Crippen molar-refractivity contribution in [3.63, 3.8) is 0 Å². The predicted octanol–water partition coefficient (Wildman–Crippen LogP) is 2.57. The third-order valence-corrected chi connectivity index (χ3v) is 3.34. The monoisotopic (exact) mass is 281 g/mol. The molecule has 0 radical (unpaired) electrons. The minimum absolute atomic E-state index is 0.377. The summed E-state index contributed by atoms with van der Waals surface area (Å²) in [5, 5.41) is 8.58. The van der Waals surface area contributed by atoms with Crippen LogP contribution in [0.1, 0.15) is 44.9 Å². The molecule has 0 atom stereocenters. The number of aliphatic carboxylic acids is 1. The average molecular weight is 281 g/mol. The zero-order valence-corrected chi connectivity index (χ0v) is 10.6. The quantitative estimate of drug-likeness (QED) is 0.806. The summed E-state index contributed by atoms with van der Waals surface area (Å²) < 4.78 is 37.6. The van der Waals surface area contributed by atoms with E-state index in [-0.39, 0.29) is 6.54 Å². The molecule has 1 saturated carbocycles. The van der Waals surface area contributed by atoms with Crippen molar-refractivity contribution in [2.45, 2.75) is 57.2 Å². The number of carbonyl (C=O) groups is 2. The van der Waals surface area contributed by atoms with Crippen molar-refractivity contribution >= 4 is 11.9 Å². The molecule has 1 N–H and O–H groups in total. The van der Waals surface area contributed by atoms with Crippen LogP contribution in [0.5, 0.6) is 0 Å². The van der Waals surface area contributed by atoms with Gasteiger partial charge < -0.3 is 10.0 Å². The van der Waals surface area contributed by atoms with Crippen LogP contribution in [0.2, 0.25) is 0 Å². The maximum atomic E-state index is 12.5. The molecule has 0 aromatic heterocycles. The number of hydrogen-bond acceptors (Lipinski definition) is 2. The Morgan fingerprint density at radius 2 is 1.63 bits per heavy atom. The van der Waals surface area contributed by atoms with Crippen LogP contribution in [0.3, 0.4) is 0 Å². The third kappa shape index (κ3) is 5.08. The second-order valence-electron chi connectivity index (χ2n) is 4.79. The zero-order valence-electron chi connectivity index (χ0n) is 10.6. The van der Waals surface area contributed by atoms with Gasteiger partial charge in [-0.05, 0) is 12.8 Å². The van der Waals surface area contributed by atoms with Crippen molar-refractivity contribution in [1.29, 1.82) is 0 Å². The first-order valence-corrected chi connectivity index (χ1v) is 6.42. The standard InChI is InChI=1S/C12H18F3NO3/c13-12(14,15)11(19)16(8-7-10(17)18)9-5-3-1-2-4-6-9/h9H,1-8H2,(H,17,18). The Labute approximate surface area is 109 Å². The van der Waals surface area contributed by atoms with E-state index in [1.165, 1.54) is 0 Å². The van der Waals surface area contributed by atoms with E-state index in [1.54, 1.807) is 0 Å². The molecule has 1 aliphatic carbocycles. The molecular weight excluding hydrogens is 263 g/mol. The molecule has 0 spiro atoms. The fourth-order valence-electron chi connectivity index (χ4n) is 2.40. The van der Waals surface area contributed by atoms with Crippen LogP contribution in [-0.4, -0.2) is 40.6 Å². The molecule has 7 heteroatoms. The van der Waals surface area contributed by atoms with Gasteiger partial charge in [-0.2, -0.15) is 13.2 Å². The molecule has 0 heterocycles. The Morgan fingerprint density at radius 1 is 1.11 bits per heavy atom. The van der Waals surface area contributed by atoms with Gasteiger partial charge in [-0.3, -0.25) is 9.59 Å².